The van der Waals surface area contributed by atoms with Crippen molar-refractivity contribution >= 4 is 5.69 Å². The predicted molar refractivity (Wildman–Crippen MR) is 87.0 cm³/mol. The van der Waals surface area contributed by atoms with Crippen LogP contribution in [0.25, 0.3) is 0 Å². The quantitative estimate of drug-likeness (QED) is 0.798. The Balaban J connectivity index is 1.96. The molecule has 2 aromatic carbocycles. The van der Waals surface area contributed by atoms with E-state index in [0.29, 0.717) is 6.61 Å². The number of para-hydroxylation sites is 1. The molecule has 0 saturated carbocycles. The Bertz CT molecular complexity index is 537. The average molecular weight is 285 g/mol. The summed E-state index contributed by atoms with van der Waals surface area (Å²) < 4.78 is 10.6. The van der Waals surface area contributed by atoms with Crippen LogP contribution in [0.15, 0.2) is 48.5 Å². The Labute approximate surface area is 126 Å². The van der Waals surface area contributed by atoms with Crippen LogP contribution < -0.4 is 10.1 Å². The van der Waals surface area contributed by atoms with Gasteiger partial charge in [0.15, 0.2) is 0 Å². The third kappa shape index (κ3) is 4.80. The topological polar surface area (TPSA) is 30.5 Å². The molecular formula is C18H23NO2. The maximum atomic E-state index is 5.45. The van der Waals surface area contributed by atoms with Crippen molar-refractivity contribution in [1.82, 2.24) is 0 Å². The molecule has 0 radical (unpaired) electrons. The number of nitrogens with one attached hydrogen (secondary N) is 1. The van der Waals surface area contributed by atoms with Crippen molar-refractivity contribution in [2.45, 2.75) is 19.9 Å². The minimum atomic E-state index is 0.699. The van der Waals surface area contributed by atoms with Gasteiger partial charge in [-0.05, 0) is 42.7 Å². The van der Waals surface area contributed by atoms with E-state index >= 15 is 0 Å². The van der Waals surface area contributed by atoms with Gasteiger partial charge in [0.2, 0.25) is 0 Å². The first-order chi connectivity index (χ1) is 10.3. The molecule has 2 aromatic rings. The summed E-state index contributed by atoms with van der Waals surface area (Å²) in [4.78, 5) is 0. The van der Waals surface area contributed by atoms with E-state index in [4.69, 9.17) is 9.47 Å². The lowest BCUT2D eigenvalue weighted by Gasteiger charge is -2.12. The van der Waals surface area contributed by atoms with Gasteiger partial charge in [-0.2, -0.15) is 0 Å². The molecule has 1 N–H and O–H groups in total. The van der Waals surface area contributed by atoms with Crippen LogP contribution >= 0.6 is 0 Å². The molecule has 0 amide bonds. The predicted octanol–water partition coefficient (Wildman–Crippen LogP) is 3.89. The third-order valence-electron chi connectivity index (χ3n) is 3.31. The number of methoxy groups -OCH3 is 1. The molecule has 2 rings (SSSR count). The molecule has 112 valence electrons. The minimum Gasteiger partial charge on any atom is -0.494 e. The second-order valence-corrected chi connectivity index (χ2v) is 4.83. The van der Waals surface area contributed by atoms with E-state index in [1.165, 1.54) is 16.8 Å². The zero-order chi connectivity index (χ0) is 14.9. The number of anilines is 1. The van der Waals surface area contributed by atoms with Crippen molar-refractivity contribution in [3.63, 3.8) is 0 Å². The van der Waals surface area contributed by atoms with Crippen molar-refractivity contribution in [1.29, 1.82) is 0 Å². The van der Waals surface area contributed by atoms with Crippen molar-refractivity contribution < 1.29 is 9.47 Å². The lowest BCUT2D eigenvalue weighted by molar-refractivity contribution is 0.202. The van der Waals surface area contributed by atoms with Crippen molar-refractivity contribution in [2.24, 2.45) is 0 Å². The molecule has 0 spiro atoms. The summed E-state index contributed by atoms with van der Waals surface area (Å²) in [6, 6.07) is 16.6. The summed E-state index contributed by atoms with van der Waals surface area (Å²) in [6.45, 7) is 4.23. The van der Waals surface area contributed by atoms with Gasteiger partial charge >= 0.3 is 0 Å². The molecule has 0 atom stereocenters. The summed E-state index contributed by atoms with van der Waals surface area (Å²) in [5, 5.41) is 3.49. The second kappa shape index (κ2) is 8.32. The SMILES string of the molecule is CCOc1ccc(CNc2ccccc2CCOC)cc1. The minimum absolute atomic E-state index is 0.699. The van der Waals surface area contributed by atoms with E-state index in [0.717, 1.165) is 25.3 Å². The molecule has 0 heterocycles. The van der Waals surface area contributed by atoms with Gasteiger partial charge in [0.25, 0.3) is 0 Å². The largest absolute Gasteiger partial charge is 0.494 e. The molecule has 3 heteroatoms. The highest BCUT2D eigenvalue weighted by molar-refractivity contribution is 5.51. The van der Waals surface area contributed by atoms with Crippen LogP contribution in [-0.2, 0) is 17.7 Å². The Morgan fingerprint density at radius 1 is 1.00 bits per heavy atom. The van der Waals surface area contributed by atoms with Gasteiger partial charge in [0.05, 0.1) is 13.2 Å². The van der Waals surface area contributed by atoms with Crippen LogP contribution in [0.2, 0.25) is 0 Å². The number of ether oxygens (including phenoxy) is 2. The number of hydrogen-bond acceptors (Lipinski definition) is 3. The van der Waals surface area contributed by atoms with Gasteiger partial charge in [0.1, 0.15) is 5.75 Å². The van der Waals surface area contributed by atoms with Gasteiger partial charge in [-0.1, -0.05) is 30.3 Å². The van der Waals surface area contributed by atoms with Gasteiger partial charge in [-0.15, -0.1) is 0 Å². The Hall–Kier alpha value is -2.00. The standard InChI is InChI=1S/C18H23NO2/c1-3-21-17-10-8-15(9-11-17)14-19-18-7-5-4-6-16(18)12-13-20-2/h4-11,19H,3,12-14H2,1-2H3. The van der Waals surface area contributed by atoms with Crippen LogP contribution in [0.4, 0.5) is 5.69 Å². The molecule has 0 unspecified atom stereocenters. The van der Waals surface area contributed by atoms with E-state index in [2.05, 4.69) is 41.7 Å². The van der Waals surface area contributed by atoms with E-state index in [1.807, 2.05) is 19.1 Å². The smallest absolute Gasteiger partial charge is 0.119 e. The fraction of sp³-hybridized carbons (Fsp3) is 0.333. The summed E-state index contributed by atoms with van der Waals surface area (Å²) in [7, 11) is 1.73. The summed E-state index contributed by atoms with van der Waals surface area (Å²) in [6.07, 6.45) is 0.920. The second-order valence-electron chi connectivity index (χ2n) is 4.83. The number of hydrogen-bond donors (Lipinski definition) is 1. The van der Waals surface area contributed by atoms with Crippen LogP contribution in [-0.4, -0.2) is 20.3 Å². The van der Waals surface area contributed by atoms with E-state index in [9.17, 15) is 0 Å². The van der Waals surface area contributed by atoms with Gasteiger partial charge < -0.3 is 14.8 Å². The molecule has 0 aromatic heterocycles. The van der Waals surface area contributed by atoms with Crippen molar-refractivity contribution in [2.75, 3.05) is 25.6 Å². The van der Waals surface area contributed by atoms with Gasteiger partial charge in [0, 0.05) is 19.3 Å². The lowest BCUT2D eigenvalue weighted by atomic mass is 10.1. The first-order valence-electron chi connectivity index (χ1n) is 7.36. The van der Waals surface area contributed by atoms with Crippen LogP contribution in [0, 0.1) is 0 Å². The van der Waals surface area contributed by atoms with Crippen LogP contribution in [0.5, 0.6) is 5.75 Å². The third-order valence-corrected chi connectivity index (χ3v) is 3.31. The molecule has 0 fully saturated rings. The highest BCUT2D eigenvalue weighted by Gasteiger charge is 2.01. The molecule has 21 heavy (non-hydrogen) atoms. The number of benzene rings is 2. The normalized spacial score (nSPS) is 10.4. The van der Waals surface area contributed by atoms with Crippen molar-refractivity contribution in [3.05, 3.63) is 59.7 Å². The fourth-order valence-electron chi connectivity index (χ4n) is 2.19. The molecule has 0 aliphatic heterocycles. The zero-order valence-electron chi connectivity index (χ0n) is 12.8. The highest BCUT2D eigenvalue weighted by atomic mass is 16.5. The molecule has 0 saturated heterocycles. The molecule has 0 aliphatic rings. The molecule has 3 nitrogen and oxygen atoms in total. The average Bonchev–Trinajstić information content (AvgIpc) is 2.53. The summed E-state index contributed by atoms with van der Waals surface area (Å²) in [5.74, 6) is 0.918. The van der Waals surface area contributed by atoms with Crippen LogP contribution in [0.1, 0.15) is 18.1 Å². The molecule has 0 bridgehead atoms. The maximum Gasteiger partial charge on any atom is 0.119 e. The van der Waals surface area contributed by atoms with Crippen LogP contribution in [0.3, 0.4) is 0 Å². The van der Waals surface area contributed by atoms with Crippen molar-refractivity contribution in [3.8, 4) is 5.75 Å². The van der Waals surface area contributed by atoms with Gasteiger partial charge in [-0.25, -0.2) is 0 Å². The van der Waals surface area contributed by atoms with Gasteiger partial charge in [-0.3, -0.25) is 0 Å². The Morgan fingerprint density at radius 2 is 1.76 bits per heavy atom. The summed E-state index contributed by atoms with van der Waals surface area (Å²) in [5.41, 5.74) is 3.69. The molecular weight excluding hydrogens is 262 g/mol. The lowest BCUT2D eigenvalue weighted by Crippen LogP contribution is -2.04. The van der Waals surface area contributed by atoms with E-state index in [-0.39, 0.29) is 0 Å². The Morgan fingerprint density at radius 3 is 2.48 bits per heavy atom. The van der Waals surface area contributed by atoms with E-state index in [1.54, 1.807) is 7.11 Å². The maximum absolute atomic E-state index is 5.45. The highest BCUT2D eigenvalue weighted by Crippen LogP contribution is 2.18. The molecule has 0 aliphatic carbocycles. The first kappa shape index (κ1) is 15.4. The first-order valence-corrected chi connectivity index (χ1v) is 7.36. The zero-order valence-corrected chi connectivity index (χ0v) is 12.8. The van der Waals surface area contributed by atoms with E-state index < -0.39 is 0 Å². The fourth-order valence-corrected chi connectivity index (χ4v) is 2.19. The monoisotopic (exact) mass is 285 g/mol. The number of rotatable bonds is 8. The summed E-state index contributed by atoms with van der Waals surface area (Å²) >= 11 is 0. The Kier molecular flexibility index (Phi) is 6.10.